The Balaban J connectivity index is 1.79. The molecule has 0 aliphatic heterocycles. The van der Waals surface area contributed by atoms with Crippen LogP contribution in [0.15, 0.2) is 65.6 Å². The van der Waals surface area contributed by atoms with Gasteiger partial charge in [0.2, 0.25) is 0 Å². The highest BCUT2D eigenvalue weighted by atomic mass is 16.5. The fraction of sp³-hybridized carbons (Fsp3) is 0.240. The average Bonchev–Trinajstić information content (AvgIpc) is 2.79. The summed E-state index contributed by atoms with van der Waals surface area (Å²) in [6.45, 7) is 3.65. The maximum Gasteiger partial charge on any atom is 0.316 e. The van der Waals surface area contributed by atoms with Crippen LogP contribution >= 0.6 is 0 Å². The van der Waals surface area contributed by atoms with E-state index in [0.29, 0.717) is 17.7 Å². The van der Waals surface area contributed by atoms with Gasteiger partial charge in [0.05, 0.1) is 6.42 Å². The Hall–Kier alpha value is -4.07. The number of benzene rings is 2. The molecular weight excluding hydrogens is 422 g/mol. The number of esters is 1. The van der Waals surface area contributed by atoms with Crippen molar-refractivity contribution in [3.05, 3.63) is 82.3 Å². The first-order valence-corrected chi connectivity index (χ1v) is 10.6. The second-order valence-corrected chi connectivity index (χ2v) is 7.69. The quantitative estimate of drug-likeness (QED) is 0.493. The lowest BCUT2D eigenvalue weighted by molar-refractivity contribution is -0.134. The highest BCUT2D eigenvalue weighted by Gasteiger charge is 2.21. The summed E-state index contributed by atoms with van der Waals surface area (Å²) in [5.41, 5.74) is 5.94. The van der Waals surface area contributed by atoms with Gasteiger partial charge < -0.3 is 25.1 Å². The number of hydrogen-bond acceptors (Lipinski definition) is 5. The number of anilines is 1. The number of rotatable bonds is 8. The zero-order valence-electron chi connectivity index (χ0n) is 18.8. The fourth-order valence-electron chi connectivity index (χ4n) is 3.55. The summed E-state index contributed by atoms with van der Waals surface area (Å²) in [7, 11) is 1.53. The topological polar surface area (TPSA) is 113 Å². The summed E-state index contributed by atoms with van der Waals surface area (Å²) in [6.07, 6.45) is 2.29. The van der Waals surface area contributed by atoms with E-state index in [4.69, 9.17) is 15.2 Å². The molecule has 3 aromatic rings. The van der Waals surface area contributed by atoms with Gasteiger partial charge in [0.25, 0.3) is 5.56 Å². The maximum absolute atomic E-state index is 12.8. The molecule has 0 saturated carbocycles. The lowest BCUT2D eigenvalue weighted by atomic mass is 9.93. The first-order chi connectivity index (χ1) is 15.8. The molecule has 2 amide bonds. The monoisotopic (exact) mass is 449 g/mol. The van der Waals surface area contributed by atoms with Crippen LogP contribution in [-0.2, 0) is 11.8 Å². The van der Waals surface area contributed by atoms with Gasteiger partial charge in [0, 0.05) is 18.8 Å². The summed E-state index contributed by atoms with van der Waals surface area (Å²) in [5, 5.41) is 2.27. The van der Waals surface area contributed by atoms with Crippen LogP contribution < -0.4 is 26.1 Å². The highest BCUT2D eigenvalue weighted by Crippen LogP contribution is 2.31. The van der Waals surface area contributed by atoms with Crippen LogP contribution in [-0.4, -0.2) is 16.6 Å². The number of urea groups is 1. The minimum Gasteiger partial charge on any atom is -0.457 e. The number of ether oxygens (including phenoxy) is 2. The molecular formula is C25H27N3O5. The zero-order chi connectivity index (χ0) is 24.0. The van der Waals surface area contributed by atoms with E-state index in [9.17, 15) is 14.4 Å². The summed E-state index contributed by atoms with van der Waals surface area (Å²) in [5.74, 6) is 0.729. The third-order valence-electron chi connectivity index (χ3n) is 5.19. The Bertz CT molecular complexity index is 1200. The van der Waals surface area contributed by atoms with Crippen molar-refractivity contribution in [1.29, 1.82) is 0 Å². The van der Waals surface area contributed by atoms with Crippen molar-refractivity contribution in [3.63, 3.8) is 0 Å². The number of nitrogens with one attached hydrogen (secondary N) is 1. The van der Waals surface area contributed by atoms with Gasteiger partial charge in [-0.15, -0.1) is 0 Å². The minimum absolute atomic E-state index is 0.00193. The van der Waals surface area contributed by atoms with Gasteiger partial charge in [-0.2, -0.15) is 0 Å². The standard InChI is InChI=1S/C25H27N3O5/c1-4-17(18-9-8-12-20(13-18)32-19-10-6-5-7-11-19)14-21(29)33-23-16(2)15-28(3)24(30)22(23)27-25(26)31/h5-13,15,17H,4,14H2,1-3H3,(H3,26,27,31). The largest absolute Gasteiger partial charge is 0.457 e. The Labute approximate surface area is 191 Å². The Morgan fingerprint density at radius 2 is 1.79 bits per heavy atom. The van der Waals surface area contributed by atoms with Gasteiger partial charge >= 0.3 is 12.0 Å². The number of amides is 2. The van der Waals surface area contributed by atoms with Crippen LogP contribution in [0, 0.1) is 6.92 Å². The summed E-state index contributed by atoms with van der Waals surface area (Å²) in [4.78, 5) is 36.6. The molecule has 0 aliphatic carbocycles. The van der Waals surface area contributed by atoms with Gasteiger partial charge in [-0.05, 0) is 49.1 Å². The van der Waals surface area contributed by atoms with E-state index in [1.54, 1.807) is 6.92 Å². The van der Waals surface area contributed by atoms with E-state index >= 15 is 0 Å². The second-order valence-electron chi connectivity index (χ2n) is 7.69. The Kier molecular flexibility index (Phi) is 7.50. The van der Waals surface area contributed by atoms with Crippen LogP contribution in [0.2, 0.25) is 0 Å². The molecule has 33 heavy (non-hydrogen) atoms. The van der Waals surface area contributed by atoms with Crippen LogP contribution in [0.25, 0.3) is 0 Å². The number of nitrogens with zero attached hydrogens (tertiary/aromatic N) is 1. The molecule has 8 heteroatoms. The molecule has 0 spiro atoms. The van der Waals surface area contributed by atoms with Crippen molar-refractivity contribution < 1.29 is 19.1 Å². The van der Waals surface area contributed by atoms with E-state index in [1.165, 1.54) is 17.8 Å². The summed E-state index contributed by atoms with van der Waals surface area (Å²) < 4.78 is 12.7. The number of para-hydroxylation sites is 1. The molecule has 1 atom stereocenters. The normalized spacial score (nSPS) is 11.5. The number of pyridine rings is 1. The molecule has 1 heterocycles. The SMILES string of the molecule is CCC(CC(=O)Oc1c(C)cn(C)c(=O)c1NC(N)=O)c1cccc(Oc2ccccc2)c1. The molecule has 0 aliphatic rings. The number of primary amides is 1. The van der Waals surface area contributed by atoms with E-state index in [-0.39, 0.29) is 23.8 Å². The number of aryl methyl sites for hydroxylation is 2. The lowest BCUT2D eigenvalue weighted by Gasteiger charge is -2.18. The third kappa shape index (κ3) is 6.00. The van der Waals surface area contributed by atoms with Gasteiger partial charge in [-0.1, -0.05) is 37.3 Å². The number of carbonyl (C=O) groups excluding carboxylic acids is 2. The lowest BCUT2D eigenvalue weighted by Crippen LogP contribution is -2.29. The van der Waals surface area contributed by atoms with E-state index in [1.807, 2.05) is 61.5 Å². The van der Waals surface area contributed by atoms with Crippen LogP contribution in [0.1, 0.15) is 36.8 Å². The third-order valence-corrected chi connectivity index (χ3v) is 5.19. The van der Waals surface area contributed by atoms with Crippen LogP contribution in [0.4, 0.5) is 10.5 Å². The molecule has 172 valence electrons. The Morgan fingerprint density at radius 3 is 2.45 bits per heavy atom. The summed E-state index contributed by atoms with van der Waals surface area (Å²) >= 11 is 0. The van der Waals surface area contributed by atoms with Gasteiger partial charge in [0.15, 0.2) is 11.4 Å². The Morgan fingerprint density at radius 1 is 1.09 bits per heavy atom. The van der Waals surface area contributed by atoms with Crippen molar-refractivity contribution in [2.24, 2.45) is 12.8 Å². The molecule has 3 rings (SSSR count). The molecule has 0 bridgehead atoms. The second kappa shape index (κ2) is 10.5. The van der Waals surface area contributed by atoms with Crippen molar-refractivity contribution in [2.75, 3.05) is 5.32 Å². The number of aromatic nitrogens is 1. The zero-order valence-corrected chi connectivity index (χ0v) is 18.8. The molecule has 2 aromatic carbocycles. The molecule has 1 aromatic heterocycles. The van der Waals surface area contributed by atoms with Crippen molar-refractivity contribution in [1.82, 2.24) is 4.57 Å². The highest BCUT2D eigenvalue weighted by molar-refractivity contribution is 5.90. The van der Waals surface area contributed by atoms with Gasteiger partial charge in [0.1, 0.15) is 11.5 Å². The number of nitrogens with two attached hydrogens (primary N) is 1. The predicted octanol–water partition coefficient (Wildman–Crippen LogP) is 4.47. The molecule has 3 N–H and O–H groups in total. The maximum atomic E-state index is 12.8. The molecule has 0 radical (unpaired) electrons. The van der Waals surface area contributed by atoms with Crippen molar-refractivity contribution in [2.45, 2.75) is 32.6 Å². The first-order valence-electron chi connectivity index (χ1n) is 10.6. The van der Waals surface area contributed by atoms with E-state index in [2.05, 4.69) is 5.32 Å². The molecule has 1 unspecified atom stereocenters. The van der Waals surface area contributed by atoms with Gasteiger partial charge in [-0.25, -0.2) is 4.79 Å². The molecule has 0 saturated heterocycles. The fourth-order valence-corrected chi connectivity index (χ4v) is 3.55. The van der Waals surface area contributed by atoms with Gasteiger partial charge in [-0.3, -0.25) is 9.59 Å². The molecule has 0 fully saturated rings. The average molecular weight is 450 g/mol. The number of carbonyl (C=O) groups is 2. The first kappa shape index (κ1) is 23.6. The minimum atomic E-state index is -0.920. The van der Waals surface area contributed by atoms with Crippen LogP contribution in [0.5, 0.6) is 17.2 Å². The van der Waals surface area contributed by atoms with E-state index in [0.717, 1.165) is 11.3 Å². The van der Waals surface area contributed by atoms with Crippen molar-refractivity contribution >= 4 is 17.7 Å². The predicted molar refractivity (Wildman–Crippen MR) is 126 cm³/mol. The smallest absolute Gasteiger partial charge is 0.316 e. The van der Waals surface area contributed by atoms with E-state index < -0.39 is 17.6 Å². The summed E-state index contributed by atoms with van der Waals surface area (Å²) in [6, 6.07) is 16.1. The van der Waals surface area contributed by atoms with Crippen molar-refractivity contribution in [3.8, 4) is 17.2 Å². The number of hydrogen-bond donors (Lipinski definition) is 2. The van der Waals surface area contributed by atoms with Crippen LogP contribution in [0.3, 0.4) is 0 Å². The molecule has 8 nitrogen and oxygen atoms in total.